The third-order valence-corrected chi connectivity index (χ3v) is 3.96. The molecule has 0 N–H and O–H groups in total. The van der Waals surface area contributed by atoms with Gasteiger partial charge in [0.05, 0.1) is 0 Å². The molecule has 1 aromatic carbocycles. The minimum absolute atomic E-state index is 0.952. The highest BCUT2D eigenvalue weighted by Crippen LogP contribution is 2.20. The molecule has 16 heavy (non-hydrogen) atoms. The lowest BCUT2D eigenvalue weighted by Gasteiger charge is -2.27. The van der Waals surface area contributed by atoms with Gasteiger partial charge in [-0.1, -0.05) is 47.3 Å². The lowest BCUT2D eigenvalue weighted by Crippen LogP contribution is -2.26. The summed E-state index contributed by atoms with van der Waals surface area (Å²) in [4.78, 5) is 2.54. The van der Waals surface area contributed by atoms with Gasteiger partial charge in [-0.25, -0.2) is 0 Å². The highest BCUT2D eigenvalue weighted by molar-refractivity contribution is 9.08. The van der Waals surface area contributed by atoms with Crippen LogP contribution in [0.3, 0.4) is 0 Å². The quantitative estimate of drug-likeness (QED) is 0.729. The lowest BCUT2D eigenvalue weighted by atomic mass is 10.1. The van der Waals surface area contributed by atoms with Crippen molar-refractivity contribution in [3.8, 4) is 0 Å². The third-order valence-electron chi connectivity index (χ3n) is 3.31. The molecular formula is C14H20BrN. The van der Waals surface area contributed by atoms with Crippen LogP contribution >= 0.6 is 15.9 Å². The fraction of sp³-hybridized carbons (Fsp3) is 0.571. The number of benzene rings is 1. The summed E-state index contributed by atoms with van der Waals surface area (Å²) in [5.41, 5.74) is 2.75. The van der Waals surface area contributed by atoms with Crippen molar-refractivity contribution in [2.24, 2.45) is 0 Å². The zero-order valence-corrected chi connectivity index (χ0v) is 11.4. The van der Waals surface area contributed by atoms with Crippen LogP contribution in [0.5, 0.6) is 0 Å². The fourth-order valence-electron chi connectivity index (χ4n) is 2.30. The first-order valence-electron chi connectivity index (χ1n) is 6.30. The van der Waals surface area contributed by atoms with E-state index in [2.05, 4.69) is 45.1 Å². The molecule has 1 aliphatic heterocycles. The Labute approximate surface area is 107 Å². The van der Waals surface area contributed by atoms with Crippen LogP contribution in [0.4, 0.5) is 5.69 Å². The fourth-order valence-corrected chi connectivity index (χ4v) is 2.68. The number of hydrogen-bond acceptors (Lipinski definition) is 1. The predicted molar refractivity (Wildman–Crippen MR) is 74.4 cm³/mol. The third kappa shape index (κ3) is 3.24. The molecule has 0 bridgehead atoms. The summed E-state index contributed by atoms with van der Waals surface area (Å²) >= 11 is 3.49. The number of nitrogens with zero attached hydrogens (tertiary/aromatic N) is 1. The number of anilines is 1. The first kappa shape index (κ1) is 12.0. The van der Waals surface area contributed by atoms with E-state index in [1.54, 1.807) is 0 Å². The van der Waals surface area contributed by atoms with Gasteiger partial charge in [0.25, 0.3) is 0 Å². The second-order valence-corrected chi connectivity index (χ2v) is 5.12. The Balaban J connectivity index is 2.02. The Hall–Kier alpha value is -0.500. The molecule has 0 saturated carbocycles. The Morgan fingerprint density at radius 1 is 0.875 bits per heavy atom. The molecule has 0 amide bonds. The largest absolute Gasteiger partial charge is 0.372 e. The minimum atomic E-state index is 0.952. The summed E-state index contributed by atoms with van der Waals surface area (Å²) in [7, 11) is 0. The average Bonchev–Trinajstić information content (AvgIpc) is 2.29. The van der Waals surface area contributed by atoms with Gasteiger partial charge in [-0.2, -0.15) is 0 Å². The zero-order valence-electron chi connectivity index (χ0n) is 9.79. The zero-order chi connectivity index (χ0) is 11.2. The maximum atomic E-state index is 3.49. The van der Waals surface area contributed by atoms with E-state index in [9.17, 15) is 0 Å². The van der Waals surface area contributed by atoms with Gasteiger partial charge in [-0.15, -0.1) is 0 Å². The molecule has 1 aliphatic rings. The standard InChI is InChI=1S/C14H20BrN/c15-12-13-6-8-14(9-7-13)16-10-4-2-1-3-5-11-16/h6-9H,1-5,10-12H2. The first-order chi connectivity index (χ1) is 7.90. The summed E-state index contributed by atoms with van der Waals surface area (Å²) in [6.07, 6.45) is 6.92. The van der Waals surface area contributed by atoms with E-state index in [1.807, 2.05) is 0 Å². The van der Waals surface area contributed by atoms with Gasteiger partial charge in [0.1, 0.15) is 0 Å². The van der Waals surface area contributed by atoms with Crippen LogP contribution < -0.4 is 4.90 Å². The van der Waals surface area contributed by atoms with Gasteiger partial charge < -0.3 is 4.90 Å². The highest BCUT2D eigenvalue weighted by atomic mass is 79.9. The van der Waals surface area contributed by atoms with Crippen LogP contribution in [0.25, 0.3) is 0 Å². The van der Waals surface area contributed by atoms with Crippen molar-refractivity contribution >= 4 is 21.6 Å². The summed E-state index contributed by atoms with van der Waals surface area (Å²) in [5, 5.41) is 0.952. The van der Waals surface area contributed by atoms with Crippen molar-refractivity contribution in [1.29, 1.82) is 0 Å². The van der Waals surface area contributed by atoms with E-state index in [4.69, 9.17) is 0 Å². The van der Waals surface area contributed by atoms with Gasteiger partial charge in [0.15, 0.2) is 0 Å². The van der Waals surface area contributed by atoms with Crippen LogP contribution in [-0.2, 0) is 5.33 Å². The summed E-state index contributed by atoms with van der Waals surface area (Å²) in [6, 6.07) is 8.97. The monoisotopic (exact) mass is 281 g/mol. The molecule has 0 aliphatic carbocycles. The van der Waals surface area contributed by atoms with Crippen LogP contribution in [-0.4, -0.2) is 13.1 Å². The molecule has 1 aromatic rings. The van der Waals surface area contributed by atoms with E-state index in [0.717, 1.165) is 5.33 Å². The Morgan fingerprint density at radius 3 is 2.00 bits per heavy atom. The van der Waals surface area contributed by atoms with Gasteiger partial charge >= 0.3 is 0 Å². The molecule has 2 heteroatoms. The van der Waals surface area contributed by atoms with E-state index in [-0.39, 0.29) is 0 Å². The van der Waals surface area contributed by atoms with Crippen LogP contribution in [0.2, 0.25) is 0 Å². The van der Waals surface area contributed by atoms with Gasteiger partial charge in [0.2, 0.25) is 0 Å². The SMILES string of the molecule is BrCc1ccc(N2CCCCCCC2)cc1. The van der Waals surface area contributed by atoms with Crippen molar-refractivity contribution in [3.63, 3.8) is 0 Å². The topological polar surface area (TPSA) is 3.24 Å². The van der Waals surface area contributed by atoms with Crippen LogP contribution in [0.1, 0.15) is 37.7 Å². The van der Waals surface area contributed by atoms with E-state index in [1.165, 1.54) is 56.4 Å². The van der Waals surface area contributed by atoms with Crippen molar-refractivity contribution in [3.05, 3.63) is 29.8 Å². The number of alkyl halides is 1. The molecule has 0 radical (unpaired) electrons. The van der Waals surface area contributed by atoms with Gasteiger partial charge in [-0.05, 0) is 30.5 Å². The second-order valence-electron chi connectivity index (χ2n) is 4.55. The normalized spacial score (nSPS) is 17.9. The van der Waals surface area contributed by atoms with Gasteiger partial charge in [-0.3, -0.25) is 0 Å². The smallest absolute Gasteiger partial charge is 0.0366 e. The summed E-state index contributed by atoms with van der Waals surface area (Å²) in [6.45, 7) is 2.46. The first-order valence-corrected chi connectivity index (χ1v) is 7.42. The van der Waals surface area contributed by atoms with E-state index in [0.29, 0.717) is 0 Å². The molecule has 1 heterocycles. The maximum absolute atomic E-state index is 3.49. The summed E-state index contributed by atoms with van der Waals surface area (Å²) in [5.74, 6) is 0. The Morgan fingerprint density at radius 2 is 1.44 bits per heavy atom. The second kappa shape index (κ2) is 6.29. The van der Waals surface area contributed by atoms with Crippen LogP contribution in [0.15, 0.2) is 24.3 Å². The summed E-state index contributed by atoms with van der Waals surface area (Å²) < 4.78 is 0. The number of hydrogen-bond donors (Lipinski definition) is 0. The minimum Gasteiger partial charge on any atom is -0.372 e. The molecule has 1 nitrogen and oxygen atoms in total. The number of rotatable bonds is 2. The Kier molecular flexibility index (Phi) is 4.70. The molecule has 2 rings (SSSR count). The highest BCUT2D eigenvalue weighted by Gasteiger charge is 2.08. The van der Waals surface area contributed by atoms with Crippen molar-refractivity contribution in [2.75, 3.05) is 18.0 Å². The molecule has 0 unspecified atom stereocenters. The molecule has 0 spiro atoms. The molecular weight excluding hydrogens is 262 g/mol. The Bertz CT molecular complexity index is 299. The predicted octanol–water partition coefficient (Wildman–Crippen LogP) is 4.35. The van der Waals surface area contributed by atoms with E-state index >= 15 is 0 Å². The number of halogens is 1. The van der Waals surface area contributed by atoms with Crippen LogP contribution in [0, 0.1) is 0 Å². The molecule has 0 aromatic heterocycles. The molecule has 1 fully saturated rings. The maximum Gasteiger partial charge on any atom is 0.0366 e. The van der Waals surface area contributed by atoms with E-state index < -0.39 is 0 Å². The average molecular weight is 282 g/mol. The molecule has 0 atom stereocenters. The molecule has 1 saturated heterocycles. The van der Waals surface area contributed by atoms with Crippen molar-refractivity contribution < 1.29 is 0 Å². The lowest BCUT2D eigenvalue weighted by molar-refractivity contribution is 0.556. The van der Waals surface area contributed by atoms with Crippen molar-refractivity contribution in [2.45, 2.75) is 37.4 Å². The van der Waals surface area contributed by atoms with Gasteiger partial charge in [0, 0.05) is 24.1 Å². The molecule has 88 valence electrons. The van der Waals surface area contributed by atoms with Crippen molar-refractivity contribution in [1.82, 2.24) is 0 Å².